The molecule has 0 saturated carbocycles. The van der Waals surface area contributed by atoms with Gasteiger partial charge in [0.25, 0.3) is 0 Å². The standard InChI is InChI=1S/C14H17NO4/c1-8-5-4-6-10(9(8)2)12-13(14(17)18)19-7-11(16)15(12)3/h4-6,12-13H,7H2,1-3H3,(H,17,18). The second-order valence-corrected chi connectivity index (χ2v) is 4.81. The van der Waals surface area contributed by atoms with Gasteiger partial charge in [0, 0.05) is 7.05 Å². The Bertz CT molecular complexity index is 526. The van der Waals surface area contributed by atoms with Crippen molar-refractivity contribution in [2.45, 2.75) is 26.0 Å². The van der Waals surface area contributed by atoms with Gasteiger partial charge in [0.2, 0.25) is 5.91 Å². The molecule has 1 heterocycles. The van der Waals surface area contributed by atoms with E-state index in [-0.39, 0.29) is 12.5 Å². The smallest absolute Gasteiger partial charge is 0.335 e. The maximum absolute atomic E-state index is 11.8. The maximum atomic E-state index is 11.8. The summed E-state index contributed by atoms with van der Waals surface area (Å²) in [6.07, 6.45) is -1.02. The van der Waals surface area contributed by atoms with E-state index in [4.69, 9.17) is 4.74 Å². The SMILES string of the molecule is Cc1cccc(C2C(C(=O)O)OCC(=O)N2C)c1C. The van der Waals surface area contributed by atoms with E-state index in [2.05, 4.69) is 0 Å². The number of amides is 1. The van der Waals surface area contributed by atoms with Crippen molar-refractivity contribution >= 4 is 11.9 Å². The number of hydrogen-bond donors (Lipinski definition) is 1. The molecule has 1 aromatic carbocycles. The number of aryl methyl sites for hydroxylation is 1. The Morgan fingerprint density at radius 3 is 2.74 bits per heavy atom. The average molecular weight is 263 g/mol. The molecule has 1 N–H and O–H groups in total. The predicted octanol–water partition coefficient (Wildman–Crippen LogP) is 1.29. The molecule has 102 valence electrons. The van der Waals surface area contributed by atoms with Gasteiger partial charge in [-0.3, -0.25) is 4.79 Å². The summed E-state index contributed by atoms with van der Waals surface area (Å²) in [7, 11) is 1.62. The molecule has 0 radical (unpaired) electrons. The van der Waals surface area contributed by atoms with Crippen LogP contribution in [0.3, 0.4) is 0 Å². The van der Waals surface area contributed by atoms with Gasteiger partial charge in [0.05, 0.1) is 6.04 Å². The number of nitrogens with zero attached hydrogens (tertiary/aromatic N) is 1. The Labute approximate surface area is 111 Å². The van der Waals surface area contributed by atoms with E-state index in [1.807, 2.05) is 32.0 Å². The fraction of sp³-hybridized carbons (Fsp3) is 0.429. The van der Waals surface area contributed by atoms with Crippen molar-refractivity contribution in [3.8, 4) is 0 Å². The van der Waals surface area contributed by atoms with Crippen LogP contribution in [-0.2, 0) is 14.3 Å². The molecule has 1 amide bonds. The number of rotatable bonds is 2. The van der Waals surface area contributed by atoms with Crippen molar-refractivity contribution in [2.75, 3.05) is 13.7 Å². The summed E-state index contributed by atoms with van der Waals surface area (Å²) in [5, 5.41) is 9.27. The number of ether oxygens (including phenoxy) is 1. The van der Waals surface area contributed by atoms with Crippen LogP contribution in [0.2, 0.25) is 0 Å². The number of aliphatic carboxylic acids is 1. The molecule has 0 spiro atoms. The van der Waals surface area contributed by atoms with E-state index in [1.165, 1.54) is 4.90 Å². The van der Waals surface area contributed by atoms with E-state index < -0.39 is 18.1 Å². The number of carbonyl (C=O) groups is 2. The van der Waals surface area contributed by atoms with Crippen LogP contribution in [0.5, 0.6) is 0 Å². The van der Waals surface area contributed by atoms with E-state index in [9.17, 15) is 14.7 Å². The number of hydrogen-bond acceptors (Lipinski definition) is 3. The van der Waals surface area contributed by atoms with Crippen LogP contribution in [0, 0.1) is 13.8 Å². The lowest BCUT2D eigenvalue weighted by Crippen LogP contribution is -2.50. The first-order valence-corrected chi connectivity index (χ1v) is 6.09. The first-order chi connectivity index (χ1) is 8.93. The lowest BCUT2D eigenvalue weighted by molar-refractivity contribution is -0.171. The van der Waals surface area contributed by atoms with Crippen molar-refractivity contribution in [3.63, 3.8) is 0 Å². The van der Waals surface area contributed by atoms with Gasteiger partial charge in [-0.1, -0.05) is 18.2 Å². The Hall–Kier alpha value is -1.88. The lowest BCUT2D eigenvalue weighted by Gasteiger charge is -2.37. The van der Waals surface area contributed by atoms with E-state index in [0.717, 1.165) is 16.7 Å². The zero-order valence-electron chi connectivity index (χ0n) is 11.2. The molecule has 1 saturated heterocycles. The van der Waals surface area contributed by atoms with Crippen LogP contribution in [0.15, 0.2) is 18.2 Å². The monoisotopic (exact) mass is 263 g/mol. The minimum Gasteiger partial charge on any atom is -0.479 e. The summed E-state index contributed by atoms with van der Waals surface area (Å²) in [5.41, 5.74) is 2.87. The molecule has 1 aliphatic heterocycles. The van der Waals surface area contributed by atoms with Gasteiger partial charge in [0.15, 0.2) is 6.10 Å². The third kappa shape index (κ3) is 2.33. The van der Waals surface area contributed by atoms with E-state index in [0.29, 0.717) is 0 Å². The van der Waals surface area contributed by atoms with Crippen LogP contribution in [0.4, 0.5) is 0 Å². The fourth-order valence-corrected chi connectivity index (χ4v) is 2.38. The van der Waals surface area contributed by atoms with Crippen molar-refractivity contribution in [3.05, 3.63) is 34.9 Å². The molecule has 0 aromatic heterocycles. The van der Waals surface area contributed by atoms with Crippen molar-refractivity contribution < 1.29 is 19.4 Å². The summed E-state index contributed by atoms with van der Waals surface area (Å²) in [6, 6.07) is 5.09. The number of carboxylic acids is 1. The van der Waals surface area contributed by atoms with Gasteiger partial charge in [0.1, 0.15) is 6.61 Å². The molecule has 2 unspecified atom stereocenters. The summed E-state index contributed by atoms with van der Waals surface area (Å²) in [6.45, 7) is 3.70. The molecule has 1 aliphatic rings. The Kier molecular flexibility index (Phi) is 3.57. The molecule has 2 rings (SSSR count). The highest BCUT2D eigenvalue weighted by atomic mass is 16.5. The summed E-state index contributed by atoms with van der Waals surface area (Å²) in [5.74, 6) is -1.26. The normalized spacial score (nSPS) is 23.5. The maximum Gasteiger partial charge on any atom is 0.335 e. The Morgan fingerprint density at radius 2 is 2.11 bits per heavy atom. The lowest BCUT2D eigenvalue weighted by atomic mass is 9.92. The molecule has 0 aliphatic carbocycles. The van der Waals surface area contributed by atoms with E-state index in [1.54, 1.807) is 7.05 Å². The topological polar surface area (TPSA) is 66.8 Å². The van der Waals surface area contributed by atoms with Gasteiger partial charge in [-0.25, -0.2) is 4.79 Å². The van der Waals surface area contributed by atoms with Crippen LogP contribution in [-0.4, -0.2) is 41.6 Å². The van der Waals surface area contributed by atoms with Crippen molar-refractivity contribution in [1.82, 2.24) is 4.90 Å². The van der Waals surface area contributed by atoms with Gasteiger partial charge in [-0.05, 0) is 30.5 Å². The summed E-state index contributed by atoms with van der Waals surface area (Å²) in [4.78, 5) is 24.5. The predicted molar refractivity (Wildman–Crippen MR) is 68.8 cm³/mol. The average Bonchev–Trinajstić information content (AvgIpc) is 2.36. The van der Waals surface area contributed by atoms with E-state index >= 15 is 0 Å². The number of carboxylic acid groups (broad SMARTS) is 1. The molecular formula is C14H17NO4. The number of benzene rings is 1. The number of likely N-dealkylation sites (N-methyl/N-ethyl adjacent to an activating group) is 1. The minimum atomic E-state index is -1.05. The molecule has 0 bridgehead atoms. The first-order valence-electron chi connectivity index (χ1n) is 6.09. The largest absolute Gasteiger partial charge is 0.479 e. The fourth-order valence-electron chi connectivity index (χ4n) is 2.38. The Morgan fingerprint density at radius 1 is 1.42 bits per heavy atom. The molecule has 5 heteroatoms. The zero-order chi connectivity index (χ0) is 14.2. The molecular weight excluding hydrogens is 246 g/mol. The second-order valence-electron chi connectivity index (χ2n) is 4.81. The van der Waals surface area contributed by atoms with Crippen LogP contribution in [0.25, 0.3) is 0 Å². The van der Waals surface area contributed by atoms with Crippen LogP contribution < -0.4 is 0 Å². The molecule has 1 fully saturated rings. The highest BCUT2D eigenvalue weighted by Crippen LogP contribution is 2.32. The van der Waals surface area contributed by atoms with Gasteiger partial charge < -0.3 is 14.7 Å². The third-order valence-corrected chi connectivity index (χ3v) is 3.69. The summed E-state index contributed by atoms with van der Waals surface area (Å²) < 4.78 is 5.19. The third-order valence-electron chi connectivity index (χ3n) is 3.69. The van der Waals surface area contributed by atoms with Crippen molar-refractivity contribution in [2.24, 2.45) is 0 Å². The highest BCUT2D eigenvalue weighted by Gasteiger charge is 2.40. The van der Waals surface area contributed by atoms with Gasteiger partial charge in [-0.15, -0.1) is 0 Å². The highest BCUT2D eigenvalue weighted by molar-refractivity contribution is 5.82. The van der Waals surface area contributed by atoms with Gasteiger partial charge in [-0.2, -0.15) is 0 Å². The molecule has 19 heavy (non-hydrogen) atoms. The minimum absolute atomic E-state index is 0.186. The quantitative estimate of drug-likeness (QED) is 0.873. The zero-order valence-corrected chi connectivity index (χ0v) is 11.2. The summed E-state index contributed by atoms with van der Waals surface area (Å²) >= 11 is 0. The van der Waals surface area contributed by atoms with Gasteiger partial charge >= 0.3 is 5.97 Å². The van der Waals surface area contributed by atoms with Crippen molar-refractivity contribution in [1.29, 1.82) is 0 Å². The number of carbonyl (C=O) groups excluding carboxylic acids is 1. The molecule has 1 aromatic rings. The first kappa shape index (κ1) is 13.5. The number of morpholine rings is 1. The Balaban J connectivity index is 2.50. The molecule has 2 atom stereocenters. The molecule has 5 nitrogen and oxygen atoms in total. The van der Waals surface area contributed by atoms with Crippen LogP contribution in [0.1, 0.15) is 22.7 Å². The van der Waals surface area contributed by atoms with Crippen LogP contribution >= 0.6 is 0 Å². The second kappa shape index (κ2) is 5.01.